The minimum atomic E-state index is -3.10. The third-order valence-corrected chi connectivity index (χ3v) is 7.20. The second-order valence-electron chi connectivity index (χ2n) is 8.48. The molecule has 1 aliphatic heterocycles. The Kier molecular flexibility index (Phi) is 7.36. The number of rotatable bonds is 8. The number of sulfone groups is 1. The Balaban J connectivity index is 1.35. The molecule has 1 fully saturated rings. The van der Waals surface area contributed by atoms with Crippen LogP contribution >= 0.6 is 0 Å². The zero-order valence-electron chi connectivity index (χ0n) is 17.9. The van der Waals surface area contributed by atoms with Gasteiger partial charge in [0.2, 0.25) is 0 Å². The van der Waals surface area contributed by atoms with Crippen LogP contribution in [0.15, 0.2) is 47.4 Å². The summed E-state index contributed by atoms with van der Waals surface area (Å²) in [6, 6.07) is 14.0. The van der Waals surface area contributed by atoms with Gasteiger partial charge in [0, 0.05) is 18.5 Å². The summed E-state index contributed by atoms with van der Waals surface area (Å²) in [4.78, 5) is 2.98. The van der Waals surface area contributed by atoms with E-state index in [9.17, 15) is 8.42 Å². The molecule has 1 heterocycles. The van der Waals surface area contributed by atoms with Gasteiger partial charge in [-0.25, -0.2) is 8.42 Å². The van der Waals surface area contributed by atoms with Crippen LogP contribution < -0.4 is 5.32 Å². The SMILES string of the molecule is Cc1ccc(NCCCN2CCC(Cc3ccc(S(C)(=O)=O)cc3)CC2)cc1C. The third kappa shape index (κ3) is 6.58. The Bertz CT molecular complexity index is 899. The van der Waals surface area contributed by atoms with Crippen molar-refractivity contribution in [1.29, 1.82) is 0 Å². The summed E-state index contributed by atoms with van der Waals surface area (Å²) < 4.78 is 23.2. The monoisotopic (exact) mass is 414 g/mol. The lowest BCUT2D eigenvalue weighted by Crippen LogP contribution is -2.35. The first kappa shape index (κ1) is 21.8. The van der Waals surface area contributed by atoms with Crippen molar-refractivity contribution in [2.75, 3.05) is 37.8 Å². The van der Waals surface area contributed by atoms with Gasteiger partial charge >= 0.3 is 0 Å². The highest BCUT2D eigenvalue weighted by atomic mass is 32.2. The standard InChI is InChI=1S/C24H34N2O2S/c1-19-5-8-23(17-20(19)2)25-13-4-14-26-15-11-22(12-16-26)18-21-6-9-24(10-7-21)29(3,27)28/h5-10,17,22,25H,4,11-16,18H2,1-3H3. The lowest BCUT2D eigenvalue weighted by Gasteiger charge is -2.32. The van der Waals surface area contributed by atoms with Gasteiger partial charge < -0.3 is 10.2 Å². The summed E-state index contributed by atoms with van der Waals surface area (Å²) in [7, 11) is -3.10. The largest absolute Gasteiger partial charge is 0.385 e. The summed E-state index contributed by atoms with van der Waals surface area (Å²) in [6.45, 7) is 8.78. The highest BCUT2D eigenvalue weighted by molar-refractivity contribution is 7.90. The van der Waals surface area contributed by atoms with Crippen molar-refractivity contribution in [3.8, 4) is 0 Å². The van der Waals surface area contributed by atoms with Gasteiger partial charge in [0.15, 0.2) is 9.84 Å². The van der Waals surface area contributed by atoms with E-state index in [-0.39, 0.29) is 0 Å². The van der Waals surface area contributed by atoms with E-state index >= 15 is 0 Å². The first-order valence-corrected chi connectivity index (χ1v) is 12.5. The van der Waals surface area contributed by atoms with Crippen LogP contribution in [0.3, 0.4) is 0 Å². The van der Waals surface area contributed by atoms with Crippen molar-refractivity contribution in [1.82, 2.24) is 4.90 Å². The van der Waals surface area contributed by atoms with Gasteiger partial charge in [0.25, 0.3) is 0 Å². The minimum Gasteiger partial charge on any atom is -0.385 e. The topological polar surface area (TPSA) is 49.4 Å². The van der Waals surface area contributed by atoms with E-state index < -0.39 is 9.84 Å². The number of likely N-dealkylation sites (tertiary alicyclic amines) is 1. The molecule has 1 saturated heterocycles. The molecule has 0 saturated carbocycles. The molecule has 5 heteroatoms. The fraction of sp³-hybridized carbons (Fsp3) is 0.500. The smallest absolute Gasteiger partial charge is 0.175 e. The first-order valence-electron chi connectivity index (χ1n) is 10.6. The van der Waals surface area contributed by atoms with E-state index in [4.69, 9.17) is 0 Å². The van der Waals surface area contributed by atoms with Gasteiger partial charge in [-0.2, -0.15) is 0 Å². The predicted molar refractivity (Wildman–Crippen MR) is 121 cm³/mol. The van der Waals surface area contributed by atoms with Crippen LogP contribution in [0.1, 0.15) is 36.0 Å². The second-order valence-corrected chi connectivity index (χ2v) is 10.5. The van der Waals surface area contributed by atoms with Gasteiger partial charge in [-0.05, 0) is 106 Å². The molecule has 0 atom stereocenters. The molecular formula is C24H34N2O2S. The van der Waals surface area contributed by atoms with Crippen LogP contribution in [0.4, 0.5) is 5.69 Å². The molecule has 0 spiro atoms. The van der Waals surface area contributed by atoms with Crippen molar-refractivity contribution in [3.05, 3.63) is 59.2 Å². The molecule has 158 valence electrons. The maximum Gasteiger partial charge on any atom is 0.175 e. The van der Waals surface area contributed by atoms with Crippen LogP contribution in [0.5, 0.6) is 0 Å². The Morgan fingerprint density at radius 1 is 1.00 bits per heavy atom. The molecule has 1 aliphatic rings. The fourth-order valence-electron chi connectivity index (χ4n) is 4.01. The van der Waals surface area contributed by atoms with E-state index in [2.05, 4.69) is 42.3 Å². The average Bonchev–Trinajstić information content (AvgIpc) is 2.69. The van der Waals surface area contributed by atoms with Crippen molar-refractivity contribution < 1.29 is 8.42 Å². The molecule has 0 aliphatic carbocycles. The van der Waals surface area contributed by atoms with E-state index in [1.54, 1.807) is 12.1 Å². The Labute approximate surface area is 176 Å². The molecule has 0 unspecified atom stereocenters. The lowest BCUT2D eigenvalue weighted by atomic mass is 9.90. The predicted octanol–water partition coefficient (Wildman–Crippen LogP) is 4.46. The molecular weight excluding hydrogens is 380 g/mol. The van der Waals surface area contributed by atoms with Crippen LogP contribution in [0.2, 0.25) is 0 Å². The molecule has 29 heavy (non-hydrogen) atoms. The van der Waals surface area contributed by atoms with E-state index in [0.717, 1.165) is 39.0 Å². The Morgan fingerprint density at radius 2 is 1.69 bits per heavy atom. The first-order chi connectivity index (χ1) is 13.8. The maximum absolute atomic E-state index is 11.6. The quantitative estimate of drug-likeness (QED) is 0.648. The van der Waals surface area contributed by atoms with Crippen LogP contribution in [-0.2, 0) is 16.3 Å². The van der Waals surface area contributed by atoms with Crippen LogP contribution in [-0.4, -0.2) is 45.8 Å². The number of nitrogens with zero attached hydrogens (tertiary/aromatic N) is 1. The summed E-state index contributed by atoms with van der Waals surface area (Å²) in [5.74, 6) is 0.698. The zero-order valence-corrected chi connectivity index (χ0v) is 18.8. The molecule has 2 aromatic carbocycles. The number of piperidine rings is 1. The number of hydrogen-bond donors (Lipinski definition) is 1. The van der Waals surface area contributed by atoms with Gasteiger partial charge in [-0.15, -0.1) is 0 Å². The van der Waals surface area contributed by atoms with Crippen molar-refractivity contribution in [3.63, 3.8) is 0 Å². The summed E-state index contributed by atoms with van der Waals surface area (Å²) in [5.41, 5.74) is 5.13. The normalized spacial score (nSPS) is 16.1. The van der Waals surface area contributed by atoms with Crippen molar-refractivity contribution in [2.45, 2.75) is 44.4 Å². The summed E-state index contributed by atoms with van der Waals surface area (Å²) in [5, 5.41) is 3.54. The summed E-state index contributed by atoms with van der Waals surface area (Å²) in [6.07, 6.45) is 5.91. The molecule has 0 radical (unpaired) electrons. The van der Waals surface area contributed by atoms with E-state index in [1.165, 1.54) is 41.5 Å². The number of hydrogen-bond acceptors (Lipinski definition) is 4. The fourth-order valence-corrected chi connectivity index (χ4v) is 4.64. The zero-order chi connectivity index (χ0) is 20.9. The van der Waals surface area contributed by atoms with Crippen molar-refractivity contribution >= 4 is 15.5 Å². The van der Waals surface area contributed by atoms with Crippen LogP contribution in [0.25, 0.3) is 0 Å². The van der Waals surface area contributed by atoms with Crippen molar-refractivity contribution in [2.24, 2.45) is 5.92 Å². The highest BCUT2D eigenvalue weighted by Crippen LogP contribution is 2.23. The minimum absolute atomic E-state index is 0.408. The van der Waals surface area contributed by atoms with E-state index in [0.29, 0.717) is 10.8 Å². The van der Waals surface area contributed by atoms with Gasteiger partial charge in [0.1, 0.15) is 0 Å². The van der Waals surface area contributed by atoms with Gasteiger partial charge in [-0.1, -0.05) is 18.2 Å². The van der Waals surface area contributed by atoms with E-state index in [1.807, 2.05) is 12.1 Å². The maximum atomic E-state index is 11.6. The highest BCUT2D eigenvalue weighted by Gasteiger charge is 2.19. The van der Waals surface area contributed by atoms with Gasteiger partial charge in [0.05, 0.1) is 4.90 Å². The number of aryl methyl sites for hydroxylation is 2. The number of anilines is 1. The molecule has 4 nitrogen and oxygen atoms in total. The summed E-state index contributed by atoms with van der Waals surface area (Å²) >= 11 is 0. The molecule has 2 aromatic rings. The number of nitrogens with one attached hydrogen (secondary N) is 1. The lowest BCUT2D eigenvalue weighted by molar-refractivity contribution is 0.183. The molecule has 0 bridgehead atoms. The molecule has 1 N–H and O–H groups in total. The Hall–Kier alpha value is -1.85. The van der Waals surface area contributed by atoms with Crippen LogP contribution in [0, 0.1) is 19.8 Å². The van der Waals surface area contributed by atoms with Gasteiger partial charge in [-0.3, -0.25) is 0 Å². The second kappa shape index (κ2) is 9.77. The molecule has 0 amide bonds. The molecule has 3 rings (SSSR count). The molecule has 0 aromatic heterocycles. The average molecular weight is 415 g/mol. The third-order valence-electron chi connectivity index (χ3n) is 6.07. The Morgan fingerprint density at radius 3 is 2.31 bits per heavy atom. The number of benzene rings is 2.